The molecule has 0 radical (unpaired) electrons. The Hall–Kier alpha value is -3.91. The third kappa shape index (κ3) is 8.07. The second-order valence-electron chi connectivity index (χ2n) is 12.2. The van der Waals surface area contributed by atoms with Gasteiger partial charge in [0.1, 0.15) is 11.3 Å². The largest absolute Gasteiger partial charge is 0.465 e. The fraction of sp³-hybridized carbons (Fsp3) is 0.424. The summed E-state index contributed by atoms with van der Waals surface area (Å²) in [6.45, 7) is 11.0. The maximum atomic E-state index is 12.8. The van der Waals surface area contributed by atoms with E-state index in [9.17, 15) is 14.7 Å². The SMILES string of the molecule is Cc1ccc(-c2ccc(C[C@H]3[C@H](C[C@H](Cc4ccccc4)NC(=O)OC(C)(C)C)OC(C)(C)N3C(=O)O)cc2)nc1. The molecule has 0 aliphatic carbocycles. The first kappa shape index (κ1) is 30.1. The Labute approximate surface area is 242 Å². The average Bonchev–Trinajstić information content (AvgIpc) is 3.13. The summed E-state index contributed by atoms with van der Waals surface area (Å²) in [6.07, 6.45) is 1.27. The Kier molecular flexibility index (Phi) is 9.02. The van der Waals surface area contributed by atoms with Gasteiger partial charge in [0, 0.05) is 17.8 Å². The number of aromatic nitrogens is 1. The molecule has 1 aromatic heterocycles. The lowest BCUT2D eigenvalue weighted by atomic mass is 9.93. The monoisotopic (exact) mass is 559 g/mol. The highest BCUT2D eigenvalue weighted by atomic mass is 16.6. The normalized spacial score (nSPS) is 19.0. The number of nitrogens with zero attached hydrogens (tertiary/aromatic N) is 2. The number of carbonyl (C=O) groups is 2. The van der Waals surface area contributed by atoms with Gasteiger partial charge >= 0.3 is 12.2 Å². The van der Waals surface area contributed by atoms with Crippen LogP contribution in [0.1, 0.15) is 57.7 Å². The van der Waals surface area contributed by atoms with E-state index in [0.717, 1.165) is 27.9 Å². The molecular formula is C33H41N3O5. The Morgan fingerprint density at radius 3 is 2.32 bits per heavy atom. The number of pyridine rings is 1. The van der Waals surface area contributed by atoms with Crippen molar-refractivity contribution >= 4 is 12.2 Å². The molecule has 0 spiro atoms. The summed E-state index contributed by atoms with van der Waals surface area (Å²) in [5.41, 5.74) is 3.34. The lowest BCUT2D eigenvalue weighted by Gasteiger charge is -2.31. The van der Waals surface area contributed by atoms with Gasteiger partial charge in [0.15, 0.2) is 0 Å². The van der Waals surface area contributed by atoms with Gasteiger partial charge < -0.3 is 19.9 Å². The van der Waals surface area contributed by atoms with E-state index in [-0.39, 0.29) is 6.04 Å². The molecule has 3 atom stereocenters. The highest BCUT2D eigenvalue weighted by Gasteiger charge is 2.50. The molecule has 0 unspecified atom stereocenters. The fourth-order valence-electron chi connectivity index (χ4n) is 5.41. The number of aryl methyl sites for hydroxylation is 1. The zero-order valence-electron chi connectivity index (χ0n) is 24.8. The van der Waals surface area contributed by atoms with Crippen LogP contribution in [0.5, 0.6) is 0 Å². The number of alkyl carbamates (subject to hydrolysis) is 1. The van der Waals surface area contributed by atoms with Gasteiger partial charge in [0.05, 0.1) is 17.8 Å². The van der Waals surface area contributed by atoms with E-state index in [4.69, 9.17) is 9.47 Å². The maximum Gasteiger partial charge on any atom is 0.409 e. The van der Waals surface area contributed by atoms with E-state index in [1.54, 1.807) is 13.8 Å². The van der Waals surface area contributed by atoms with Crippen molar-refractivity contribution < 1.29 is 24.2 Å². The van der Waals surface area contributed by atoms with Gasteiger partial charge in [-0.15, -0.1) is 0 Å². The number of carbonyl (C=O) groups excluding carboxylic acids is 1. The number of carboxylic acid groups (broad SMARTS) is 1. The number of amides is 2. The van der Waals surface area contributed by atoms with Crippen LogP contribution in [0.4, 0.5) is 9.59 Å². The van der Waals surface area contributed by atoms with Crippen LogP contribution >= 0.6 is 0 Å². The van der Waals surface area contributed by atoms with Crippen LogP contribution in [0.15, 0.2) is 72.9 Å². The number of hydrogen-bond acceptors (Lipinski definition) is 5. The predicted octanol–water partition coefficient (Wildman–Crippen LogP) is 6.61. The Bertz CT molecular complexity index is 1320. The Morgan fingerprint density at radius 2 is 1.73 bits per heavy atom. The Morgan fingerprint density at radius 1 is 1.05 bits per heavy atom. The van der Waals surface area contributed by atoms with Gasteiger partial charge in [0.2, 0.25) is 0 Å². The number of benzene rings is 2. The highest BCUT2D eigenvalue weighted by molar-refractivity contribution is 5.68. The van der Waals surface area contributed by atoms with Crippen LogP contribution in [0, 0.1) is 6.92 Å². The van der Waals surface area contributed by atoms with Crippen LogP contribution in [-0.2, 0) is 22.3 Å². The first-order valence-corrected chi connectivity index (χ1v) is 14.1. The minimum atomic E-state index is -1.04. The van der Waals surface area contributed by atoms with Gasteiger partial charge in [-0.2, -0.15) is 0 Å². The second-order valence-corrected chi connectivity index (χ2v) is 12.2. The van der Waals surface area contributed by atoms with Gasteiger partial charge in [-0.3, -0.25) is 9.88 Å². The number of nitrogens with one attached hydrogen (secondary N) is 1. The molecule has 41 heavy (non-hydrogen) atoms. The molecule has 1 saturated heterocycles. The van der Waals surface area contributed by atoms with Crippen molar-refractivity contribution in [2.45, 2.75) is 90.3 Å². The van der Waals surface area contributed by atoms with Crippen LogP contribution in [0.25, 0.3) is 11.3 Å². The van der Waals surface area contributed by atoms with E-state index in [0.29, 0.717) is 19.3 Å². The van der Waals surface area contributed by atoms with Crippen molar-refractivity contribution in [3.05, 3.63) is 89.6 Å². The van der Waals surface area contributed by atoms with Crippen molar-refractivity contribution in [2.24, 2.45) is 0 Å². The van der Waals surface area contributed by atoms with Gasteiger partial charge in [0.25, 0.3) is 0 Å². The van der Waals surface area contributed by atoms with Crippen LogP contribution in [0.2, 0.25) is 0 Å². The minimum Gasteiger partial charge on any atom is -0.465 e. The van der Waals surface area contributed by atoms with Crippen molar-refractivity contribution in [3.8, 4) is 11.3 Å². The lowest BCUT2D eigenvalue weighted by molar-refractivity contribution is -0.0695. The number of hydrogen-bond donors (Lipinski definition) is 2. The molecule has 2 amide bonds. The third-order valence-electron chi connectivity index (χ3n) is 7.16. The van der Waals surface area contributed by atoms with Crippen molar-refractivity contribution in [3.63, 3.8) is 0 Å². The fourth-order valence-corrected chi connectivity index (χ4v) is 5.41. The molecular weight excluding hydrogens is 518 g/mol. The van der Waals surface area contributed by atoms with E-state index < -0.39 is 35.7 Å². The summed E-state index contributed by atoms with van der Waals surface area (Å²) in [5, 5.41) is 13.2. The topological polar surface area (TPSA) is 101 Å². The smallest absolute Gasteiger partial charge is 0.409 e. The van der Waals surface area contributed by atoms with E-state index in [1.807, 2.05) is 101 Å². The lowest BCUT2D eigenvalue weighted by Crippen LogP contribution is -2.49. The molecule has 2 aromatic carbocycles. The second kappa shape index (κ2) is 12.3. The van der Waals surface area contributed by atoms with Crippen molar-refractivity contribution in [1.29, 1.82) is 0 Å². The molecule has 0 saturated carbocycles. The summed E-state index contributed by atoms with van der Waals surface area (Å²) in [7, 11) is 0. The van der Waals surface area contributed by atoms with Gasteiger partial charge in [-0.1, -0.05) is 60.7 Å². The molecule has 218 valence electrons. The Balaban J connectivity index is 1.58. The number of ether oxygens (including phenoxy) is 2. The summed E-state index contributed by atoms with van der Waals surface area (Å²) >= 11 is 0. The van der Waals surface area contributed by atoms with Crippen LogP contribution in [0.3, 0.4) is 0 Å². The quantitative estimate of drug-likeness (QED) is 0.322. The zero-order chi connectivity index (χ0) is 29.8. The molecule has 0 bridgehead atoms. The molecule has 8 nitrogen and oxygen atoms in total. The van der Waals surface area contributed by atoms with E-state index in [2.05, 4.69) is 10.3 Å². The van der Waals surface area contributed by atoms with E-state index in [1.165, 1.54) is 4.90 Å². The summed E-state index contributed by atoms with van der Waals surface area (Å²) in [4.78, 5) is 31.2. The van der Waals surface area contributed by atoms with E-state index >= 15 is 0 Å². The van der Waals surface area contributed by atoms with Crippen LogP contribution < -0.4 is 5.32 Å². The summed E-state index contributed by atoms with van der Waals surface area (Å²) in [5.74, 6) is 0. The number of rotatable bonds is 8. The van der Waals surface area contributed by atoms with Crippen molar-refractivity contribution in [1.82, 2.24) is 15.2 Å². The van der Waals surface area contributed by atoms with Gasteiger partial charge in [-0.25, -0.2) is 9.59 Å². The first-order chi connectivity index (χ1) is 19.3. The molecule has 2 heterocycles. The van der Waals surface area contributed by atoms with Crippen LogP contribution in [-0.4, -0.2) is 56.7 Å². The highest BCUT2D eigenvalue weighted by Crippen LogP contribution is 2.36. The molecule has 3 aromatic rings. The van der Waals surface area contributed by atoms with Crippen molar-refractivity contribution in [2.75, 3.05) is 0 Å². The molecule has 8 heteroatoms. The molecule has 1 aliphatic heterocycles. The first-order valence-electron chi connectivity index (χ1n) is 14.1. The maximum absolute atomic E-state index is 12.8. The molecule has 1 aliphatic rings. The summed E-state index contributed by atoms with van der Waals surface area (Å²) in [6, 6.07) is 21.2. The minimum absolute atomic E-state index is 0.334. The molecule has 2 N–H and O–H groups in total. The molecule has 1 fully saturated rings. The summed E-state index contributed by atoms with van der Waals surface area (Å²) < 4.78 is 12.0. The average molecular weight is 560 g/mol. The zero-order valence-corrected chi connectivity index (χ0v) is 24.8. The standard InChI is InChI=1S/C33H41N3O5/c1-22-12-17-27(34-21-22)25-15-13-24(14-16-25)19-28-29(40-33(5,6)36(28)31(38)39)20-26(18-23-10-8-7-9-11-23)35-30(37)41-32(2,3)4/h7-17,21,26,28-29H,18-20H2,1-6H3,(H,35,37)(H,38,39)/t26-,28-,29-/m0/s1. The van der Waals surface area contributed by atoms with Gasteiger partial charge in [-0.05, 0) is 83.6 Å². The predicted molar refractivity (Wildman–Crippen MR) is 159 cm³/mol. The third-order valence-corrected chi connectivity index (χ3v) is 7.16. The molecule has 4 rings (SSSR count).